The fourth-order valence-corrected chi connectivity index (χ4v) is 1.35. The lowest BCUT2D eigenvalue weighted by atomic mass is 10.1. The number of hydrogen-bond acceptors (Lipinski definition) is 3. The zero-order valence-electron chi connectivity index (χ0n) is 9.11. The van der Waals surface area contributed by atoms with Crippen LogP contribution in [0.25, 0.3) is 6.08 Å². The molecule has 4 nitrogen and oxygen atoms in total. The highest BCUT2D eigenvalue weighted by Gasteiger charge is 2.11. The summed E-state index contributed by atoms with van der Waals surface area (Å²) >= 11 is 5.80. The summed E-state index contributed by atoms with van der Waals surface area (Å²) in [6.45, 7) is 1.95. The summed E-state index contributed by atoms with van der Waals surface area (Å²) in [5.41, 5.74) is 0.573. The molecule has 0 aromatic heterocycles. The normalized spacial score (nSPS) is 12.9. The van der Waals surface area contributed by atoms with Gasteiger partial charge in [0.15, 0.2) is 0 Å². The fraction of sp³-hybridized carbons (Fsp3) is 0.273. The summed E-state index contributed by atoms with van der Waals surface area (Å²) in [5, 5.41) is 14.3. The maximum absolute atomic E-state index is 10.8. The van der Waals surface area contributed by atoms with Crippen LogP contribution in [0.3, 0.4) is 0 Å². The van der Waals surface area contributed by atoms with Gasteiger partial charge in [-0.3, -0.25) is 10.1 Å². The molecule has 1 rings (SSSR count). The van der Waals surface area contributed by atoms with E-state index in [-0.39, 0.29) is 11.7 Å². The van der Waals surface area contributed by atoms with Crippen molar-refractivity contribution in [3.8, 4) is 0 Å². The smallest absolute Gasteiger partial charge is 0.276 e. The van der Waals surface area contributed by atoms with Gasteiger partial charge in [-0.2, -0.15) is 0 Å². The molecule has 1 aromatic carbocycles. The highest BCUT2D eigenvalue weighted by Crippen LogP contribution is 2.23. The molecule has 0 spiro atoms. The first kappa shape index (κ1) is 12.7. The van der Waals surface area contributed by atoms with Gasteiger partial charge in [-0.15, -0.1) is 0 Å². The molecule has 0 aliphatic carbocycles. The molecule has 5 heteroatoms. The van der Waals surface area contributed by atoms with Crippen LogP contribution in [0, 0.1) is 10.1 Å². The van der Waals surface area contributed by atoms with Gasteiger partial charge in [0.05, 0.1) is 10.5 Å². The third-order valence-electron chi connectivity index (χ3n) is 2.21. The van der Waals surface area contributed by atoms with Crippen molar-refractivity contribution in [3.63, 3.8) is 0 Å². The van der Waals surface area contributed by atoms with Crippen molar-refractivity contribution in [1.82, 2.24) is 5.32 Å². The second-order valence-corrected chi connectivity index (χ2v) is 3.83. The van der Waals surface area contributed by atoms with E-state index < -0.39 is 4.92 Å². The quantitative estimate of drug-likeness (QED) is 0.650. The first-order valence-corrected chi connectivity index (χ1v) is 5.22. The monoisotopic (exact) mass is 240 g/mol. The van der Waals surface area contributed by atoms with Crippen LogP contribution >= 0.6 is 11.6 Å². The molecule has 0 saturated carbocycles. The summed E-state index contributed by atoms with van der Waals surface area (Å²) in [7, 11) is 1.82. The molecule has 0 aliphatic rings. The van der Waals surface area contributed by atoms with Gasteiger partial charge >= 0.3 is 0 Å². The molecule has 1 N–H and O–H groups in total. The Bertz CT molecular complexity index is 418. The first-order valence-electron chi connectivity index (χ1n) is 4.84. The van der Waals surface area contributed by atoms with E-state index >= 15 is 0 Å². The maximum Gasteiger partial charge on any atom is 0.276 e. The Labute approximate surface area is 99.1 Å². The highest BCUT2D eigenvalue weighted by atomic mass is 35.5. The largest absolute Gasteiger partial charge is 0.314 e. The third kappa shape index (κ3) is 3.32. The highest BCUT2D eigenvalue weighted by molar-refractivity contribution is 6.30. The minimum absolute atomic E-state index is 0.0592. The topological polar surface area (TPSA) is 55.2 Å². The van der Waals surface area contributed by atoms with Gasteiger partial charge in [-0.05, 0) is 26.1 Å². The van der Waals surface area contributed by atoms with Gasteiger partial charge < -0.3 is 5.32 Å². The van der Waals surface area contributed by atoms with E-state index in [2.05, 4.69) is 5.32 Å². The molecule has 0 aliphatic heterocycles. The Balaban J connectivity index is 3.05. The lowest BCUT2D eigenvalue weighted by molar-refractivity contribution is -0.385. The molecular weight excluding hydrogens is 228 g/mol. The Morgan fingerprint density at radius 3 is 2.81 bits per heavy atom. The van der Waals surface area contributed by atoms with Crippen molar-refractivity contribution in [2.45, 2.75) is 13.0 Å². The summed E-state index contributed by atoms with van der Waals surface area (Å²) in [6.07, 6.45) is 3.55. The molecule has 0 saturated heterocycles. The average Bonchev–Trinajstić information content (AvgIpc) is 2.25. The fourth-order valence-electron chi connectivity index (χ4n) is 1.17. The number of halogens is 1. The van der Waals surface area contributed by atoms with Crippen LogP contribution in [-0.4, -0.2) is 18.0 Å². The number of benzene rings is 1. The molecule has 0 heterocycles. The third-order valence-corrected chi connectivity index (χ3v) is 2.44. The number of likely N-dealkylation sites (N-methyl/N-ethyl adjacent to an activating group) is 1. The zero-order valence-corrected chi connectivity index (χ0v) is 9.86. The second-order valence-electron chi connectivity index (χ2n) is 3.40. The lowest BCUT2D eigenvalue weighted by Gasteiger charge is -2.03. The van der Waals surface area contributed by atoms with Crippen molar-refractivity contribution in [2.24, 2.45) is 0 Å². The van der Waals surface area contributed by atoms with Crippen molar-refractivity contribution < 1.29 is 4.92 Å². The number of nitro benzene ring substituents is 1. The molecule has 16 heavy (non-hydrogen) atoms. The van der Waals surface area contributed by atoms with E-state index in [9.17, 15) is 10.1 Å². The number of rotatable bonds is 4. The van der Waals surface area contributed by atoms with Crippen molar-refractivity contribution in [1.29, 1.82) is 0 Å². The lowest BCUT2D eigenvalue weighted by Crippen LogP contribution is -2.17. The van der Waals surface area contributed by atoms with Crippen LogP contribution in [0.15, 0.2) is 24.3 Å². The van der Waals surface area contributed by atoms with Gasteiger partial charge in [-0.1, -0.05) is 23.8 Å². The van der Waals surface area contributed by atoms with E-state index in [4.69, 9.17) is 11.6 Å². The molecule has 0 bridgehead atoms. The predicted octanol–water partition coefficient (Wildman–Crippen LogP) is 2.87. The molecule has 0 amide bonds. The Morgan fingerprint density at radius 2 is 2.25 bits per heavy atom. The SMILES string of the molecule is CNC(C)/C=C/c1cc(Cl)ccc1[N+](=O)[O-]. The van der Waals surface area contributed by atoms with Gasteiger partial charge in [0.2, 0.25) is 0 Å². The van der Waals surface area contributed by atoms with E-state index in [0.29, 0.717) is 10.6 Å². The van der Waals surface area contributed by atoms with Crippen LogP contribution in [0.5, 0.6) is 0 Å². The summed E-state index contributed by atoms with van der Waals surface area (Å²) in [6, 6.07) is 4.65. The van der Waals surface area contributed by atoms with E-state index in [1.165, 1.54) is 12.1 Å². The number of hydrogen-bond donors (Lipinski definition) is 1. The second kappa shape index (κ2) is 5.63. The molecule has 86 valence electrons. The summed E-state index contributed by atoms with van der Waals surface area (Å²) < 4.78 is 0. The van der Waals surface area contributed by atoms with E-state index in [0.717, 1.165) is 0 Å². The van der Waals surface area contributed by atoms with Crippen LogP contribution in [0.1, 0.15) is 12.5 Å². The van der Waals surface area contributed by atoms with Crippen LogP contribution < -0.4 is 5.32 Å². The van der Waals surface area contributed by atoms with Gasteiger partial charge in [-0.25, -0.2) is 0 Å². The van der Waals surface area contributed by atoms with Crippen molar-refractivity contribution in [2.75, 3.05) is 7.05 Å². The maximum atomic E-state index is 10.8. The van der Waals surface area contributed by atoms with E-state index in [1.807, 2.05) is 20.0 Å². The molecule has 1 atom stereocenters. The van der Waals surface area contributed by atoms with Crippen molar-refractivity contribution in [3.05, 3.63) is 45.0 Å². The molecular formula is C11H13ClN2O2. The van der Waals surface area contributed by atoms with Gasteiger partial charge in [0.25, 0.3) is 5.69 Å². The molecule has 1 unspecified atom stereocenters. The number of nitro groups is 1. The zero-order chi connectivity index (χ0) is 12.1. The average molecular weight is 241 g/mol. The summed E-state index contributed by atoms with van der Waals surface area (Å²) in [4.78, 5) is 10.3. The molecule has 1 aromatic rings. The predicted molar refractivity (Wildman–Crippen MR) is 65.7 cm³/mol. The van der Waals surface area contributed by atoms with Crippen LogP contribution in [0.2, 0.25) is 5.02 Å². The van der Waals surface area contributed by atoms with E-state index in [1.54, 1.807) is 12.1 Å². The Morgan fingerprint density at radius 1 is 1.56 bits per heavy atom. The Hall–Kier alpha value is -1.39. The number of nitrogens with one attached hydrogen (secondary N) is 1. The van der Waals surface area contributed by atoms with Crippen LogP contribution in [-0.2, 0) is 0 Å². The molecule has 0 fully saturated rings. The van der Waals surface area contributed by atoms with Gasteiger partial charge in [0, 0.05) is 17.1 Å². The number of nitrogens with zero attached hydrogens (tertiary/aromatic N) is 1. The molecule has 0 radical (unpaired) electrons. The van der Waals surface area contributed by atoms with Gasteiger partial charge in [0.1, 0.15) is 0 Å². The van der Waals surface area contributed by atoms with Crippen molar-refractivity contribution >= 4 is 23.4 Å². The van der Waals surface area contributed by atoms with Crippen LogP contribution in [0.4, 0.5) is 5.69 Å². The summed E-state index contributed by atoms with van der Waals surface area (Å²) in [5.74, 6) is 0. The minimum atomic E-state index is -0.417. The Kier molecular flexibility index (Phi) is 4.46. The standard InChI is InChI=1S/C11H13ClN2O2/c1-8(13-2)3-4-9-7-10(12)5-6-11(9)14(15)16/h3-8,13H,1-2H3/b4-3+. The first-order chi connectivity index (χ1) is 7.54. The minimum Gasteiger partial charge on any atom is -0.314 e.